The van der Waals surface area contributed by atoms with Crippen LogP contribution in [0.1, 0.15) is 27.2 Å². The quantitative estimate of drug-likeness (QED) is 0.651. The monoisotopic (exact) mass is 426 g/mol. The number of nitrogens with one attached hydrogen (secondary N) is 1. The predicted octanol–water partition coefficient (Wildman–Crippen LogP) is 3.86. The molecule has 2 heterocycles. The molecule has 1 aromatic heterocycles. The van der Waals surface area contributed by atoms with Gasteiger partial charge in [-0.1, -0.05) is 24.3 Å². The van der Waals surface area contributed by atoms with Crippen LogP contribution in [0.15, 0.2) is 70.9 Å². The molecule has 0 bridgehead atoms. The second-order valence-electron chi connectivity index (χ2n) is 6.94. The van der Waals surface area contributed by atoms with Gasteiger partial charge in [0.1, 0.15) is 0 Å². The van der Waals surface area contributed by atoms with Crippen LogP contribution in [0.25, 0.3) is 0 Å². The molecule has 0 saturated carbocycles. The predicted molar refractivity (Wildman–Crippen MR) is 116 cm³/mol. The molecular formula is C22H22N2O3S2. The third-order valence-corrected chi connectivity index (χ3v) is 7.42. The Bertz CT molecular complexity index is 1090. The van der Waals surface area contributed by atoms with Crippen LogP contribution in [-0.4, -0.2) is 27.4 Å². The highest BCUT2D eigenvalue weighted by Crippen LogP contribution is 2.28. The molecule has 0 unspecified atom stereocenters. The maximum Gasteiger partial charge on any atom is 0.258 e. The Labute approximate surface area is 175 Å². The summed E-state index contributed by atoms with van der Waals surface area (Å²) in [5.41, 5.74) is 2.59. The smallest absolute Gasteiger partial charge is 0.258 e. The van der Waals surface area contributed by atoms with E-state index in [2.05, 4.69) is 4.72 Å². The van der Waals surface area contributed by atoms with Crippen molar-refractivity contribution in [1.82, 2.24) is 4.72 Å². The van der Waals surface area contributed by atoms with Gasteiger partial charge in [0.25, 0.3) is 5.91 Å². The van der Waals surface area contributed by atoms with Crippen LogP contribution in [0.5, 0.6) is 0 Å². The van der Waals surface area contributed by atoms with Crippen molar-refractivity contribution in [1.29, 1.82) is 0 Å². The number of amides is 1. The Morgan fingerprint density at radius 3 is 2.59 bits per heavy atom. The lowest BCUT2D eigenvalue weighted by atomic mass is 10.0. The number of nitrogens with zero attached hydrogens (tertiary/aromatic N) is 1. The molecular weight excluding hydrogens is 404 g/mol. The number of carbonyl (C=O) groups excluding carboxylic acids is 1. The molecule has 150 valence electrons. The lowest BCUT2D eigenvalue weighted by Gasteiger charge is -2.29. The maximum absolute atomic E-state index is 13.0. The van der Waals surface area contributed by atoms with Crippen LogP contribution in [0, 0.1) is 0 Å². The molecule has 0 fully saturated rings. The maximum atomic E-state index is 13.0. The number of sulfonamides is 1. The van der Waals surface area contributed by atoms with Crippen molar-refractivity contribution in [2.24, 2.45) is 0 Å². The number of hydrogen-bond acceptors (Lipinski definition) is 4. The van der Waals surface area contributed by atoms with Crippen LogP contribution in [0.4, 0.5) is 5.69 Å². The fourth-order valence-electron chi connectivity index (χ4n) is 3.52. The van der Waals surface area contributed by atoms with E-state index in [4.69, 9.17) is 0 Å². The molecule has 0 atom stereocenters. The Morgan fingerprint density at radius 1 is 1.03 bits per heavy atom. The molecule has 7 heteroatoms. The number of hydrogen-bond donors (Lipinski definition) is 1. The van der Waals surface area contributed by atoms with Crippen LogP contribution in [-0.2, 0) is 22.9 Å². The summed E-state index contributed by atoms with van der Waals surface area (Å²) in [6.45, 7) is 1.01. The van der Waals surface area contributed by atoms with Gasteiger partial charge in [0, 0.05) is 29.2 Å². The zero-order valence-corrected chi connectivity index (χ0v) is 17.5. The minimum atomic E-state index is -3.60. The first-order chi connectivity index (χ1) is 14.0. The first-order valence-corrected chi connectivity index (χ1v) is 11.9. The normalized spacial score (nSPS) is 13.9. The van der Waals surface area contributed by atoms with Crippen molar-refractivity contribution < 1.29 is 13.2 Å². The topological polar surface area (TPSA) is 66.5 Å². The highest BCUT2D eigenvalue weighted by Gasteiger charge is 2.23. The molecule has 3 aromatic rings. The lowest BCUT2D eigenvalue weighted by Crippen LogP contribution is -2.35. The van der Waals surface area contributed by atoms with Gasteiger partial charge >= 0.3 is 0 Å². The van der Waals surface area contributed by atoms with Crippen LogP contribution in [0.3, 0.4) is 0 Å². The minimum Gasteiger partial charge on any atom is -0.308 e. The summed E-state index contributed by atoms with van der Waals surface area (Å²) in [7, 11) is -3.60. The fourth-order valence-corrected chi connectivity index (χ4v) is 5.26. The molecule has 1 N–H and O–H groups in total. The zero-order chi connectivity index (χ0) is 20.3. The summed E-state index contributed by atoms with van der Waals surface area (Å²) >= 11 is 1.61. The lowest BCUT2D eigenvalue weighted by molar-refractivity contribution is 0.0985. The van der Waals surface area contributed by atoms with E-state index in [9.17, 15) is 13.2 Å². The highest BCUT2D eigenvalue weighted by molar-refractivity contribution is 7.89. The second kappa shape index (κ2) is 8.49. The molecule has 1 amide bonds. The second-order valence-corrected chi connectivity index (χ2v) is 9.74. The number of fused-ring (bicyclic) bond motifs is 1. The average molecular weight is 427 g/mol. The van der Waals surface area contributed by atoms with Gasteiger partial charge < -0.3 is 4.90 Å². The summed E-state index contributed by atoms with van der Waals surface area (Å²) in [5, 5.41) is 1.97. The van der Waals surface area contributed by atoms with E-state index in [1.54, 1.807) is 28.4 Å². The van der Waals surface area contributed by atoms with Crippen LogP contribution < -0.4 is 9.62 Å². The van der Waals surface area contributed by atoms with Gasteiger partial charge in [0.05, 0.1) is 4.90 Å². The van der Waals surface area contributed by atoms with Crippen molar-refractivity contribution in [3.05, 3.63) is 82.0 Å². The Hall–Kier alpha value is -2.48. The van der Waals surface area contributed by atoms with Gasteiger partial charge in [-0.3, -0.25) is 4.79 Å². The first kappa shape index (κ1) is 19.8. The average Bonchev–Trinajstić information content (AvgIpc) is 3.26. The van der Waals surface area contributed by atoms with Crippen molar-refractivity contribution in [3.63, 3.8) is 0 Å². The molecule has 0 radical (unpaired) electrons. The Balaban J connectivity index is 1.45. The molecule has 1 aliphatic rings. The number of carbonyl (C=O) groups is 1. The van der Waals surface area contributed by atoms with Gasteiger partial charge in [-0.15, -0.1) is 11.3 Å². The number of benzene rings is 2. The summed E-state index contributed by atoms with van der Waals surface area (Å²) < 4.78 is 27.6. The van der Waals surface area contributed by atoms with Gasteiger partial charge in [0.15, 0.2) is 0 Å². The summed E-state index contributed by atoms with van der Waals surface area (Å²) in [5.74, 6) is -0.105. The summed E-state index contributed by atoms with van der Waals surface area (Å²) in [4.78, 5) is 16.1. The van der Waals surface area contributed by atoms with Crippen LogP contribution >= 0.6 is 11.3 Å². The van der Waals surface area contributed by atoms with Crippen molar-refractivity contribution >= 4 is 33.0 Å². The molecule has 29 heavy (non-hydrogen) atoms. The molecule has 0 spiro atoms. The fraction of sp³-hybridized carbons (Fsp3) is 0.227. The van der Waals surface area contributed by atoms with E-state index in [0.717, 1.165) is 23.4 Å². The number of para-hydroxylation sites is 1. The molecule has 0 aliphatic carbocycles. The van der Waals surface area contributed by atoms with E-state index in [0.29, 0.717) is 25.1 Å². The molecule has 4 rings (SSSR count). The molecule has 5 nitrogen and oxygen atoms in total. The van der Waals surface area contributed by atoms with Gasteiger partial charge in [0.2, 0.25) is 10.0 Å². The standard InChI is InChI=1S/C22H22N2O3S2/c25-22(24-15-3-6-17-5-1-2-8-21(17)24)18-9-11-20(12-10-18)29(26,27)23-14-13-19-7-4-16-28-19/h1-2,4-5,7-12,16,23H,3,6,13-15H2. The minimum absolute atomic E-state index is 0.105. The van der Waals surface area contributed by atoms with Gasteiger partial charge in [-0.25, -0.2) is 13.1 Å². The van der Waals surface area contributed by atoms with Crippen LogP contribution in [0.2, 0.25) is 0 Å². The third-order valence-electron chi connectivity index (χ3n) is 5.01. The molecule has 0 saturated heterocycles. The first-order valence-electron chi connectivity index (χ1n) is 9.56. The SMILES string of the molecule is O=C(c1ccc(S(=O)(=O)NCCc2cccs2)cc1)N1CCCc2ccccc21. The Kier molecular flexibility index (Phi) is 5.80. The summed E-state index contributed by atoms with van der Waals surface area (Å²) in [6.07, 6.45) is 2.54. The Morgan fingerprint density at radius 2 is 1.83 bits per heavy atom. The number of thiophene rings is 1. The van der Waals surface area contributed by atoms with Crippen molar-refractivity contribution in [2.45, 2.75) is 24.2 Å². The van der Waals surface area contributed by atoms with E-state index >= 15 is 0 Å². The van der Waals surface area contributed by atoms with E-state index < -0.39 is 10.0 Å². The summed E-state index contributed by atoms with van der Waals surface area (Å²) in [6, 6.07) is 18.0. The third kappa shape index (κ3) is 4.42. The molecule has 2 aromatic carbocycles. The largest absolute Gasteiger partial charge is 0.308 e. The highest BCUT2D eigenvalue weighted by atomic mass is 32.2. The number of rotatable bonds is 6. The van der Waals surface area contributed by atoms with Crippen molar-refractivity contribution in [3.8, 4) is 0 Å². The van der Waals surface area contributed by atoms with Gasteiger partial charge in [-0.05, 0) is 66.6 Å². The van der Waals surface area contributed by atoms with Crippen molar-refractivity contribution in [2.75, 3.05) is 18.0 Å². The number of aryl methyl sites for hydroxylation is 1. The van der Waals surface area contributed by atoms with E-state index in [1.807, 2.05) is 41.8 Å². The number of anilines is 1. The van der Waals surface area contributed by atoms with Gasteiger partial charge in [-0.2, -0.15) is 0 Å². The molecule has 1 aliphatic heterocycles. The zero-order valence-electron chi connectivity index (χ0n) is 15.9. The van der Waals surface area contributed by atoms with E-state index in [-0.39, 0.29) is 10.8 Å². The van der Waals surface area contributed by atoms with E-state index in [1.165, 1.54) is 17.7 Å².